The van der Waals surface area contributed by atoms with Crippen LogP contribution in [0, 0.1) is 13.8 Å². The first kappa shape index (κ1) is 20.3. The number of hydrogen-bond donors (Lipinski definition) is 1. The van der Waals surface area contributed by atoms with E-state index in [0.29, 0.717) is 17.3 Å². The summed E-state index contributed by atoms with van der Waals surface area (Å²) in [4.78, 5) is 20.8. The number of amides is 1. The van der Waals surface area contributed by atoms with Crippen molar-refractivity contribution in [3.63, 3.8) is 0 Å². The van der Waals surface area contributed by atoms with Crippen LogP contribution in [0.25, 0.3) is 11.4 Å². The summed E-state index contributed by atoms with van der Waals surface area (Å²) >= 11 is 0. The van der Waals surface area contributed by atoms with Gasteiger partial charge in [-0.1, -0.05) is 37.6 Å². The second kappa shape index (κ2) is 8.73. The maximum atomic E-state index is 11.9. The van der Waals surface area contributed by atoms with Crippen molar-refractivity contribution in [1.29, 1.82) is 0 Å². The van der Waals surface area contributed by atoms with E-state index in [4.69, 9.17) is 15.2 Å². The molecule has 1 heterocycles. The van der Waals surface area contributed by atoms with Gasteiger partial charge in [0, 0.05) is 11.8 Å². The zero-order chi connectivity index (χ0) is 21.0. The van der Waals surface area contributed by atoms with Crippen LogP contribution in [0.3, 0.4) is 0 Å². The van der Waals surface area contributed by atoms with E-state index in [1.807, 2.05) is 50.2 Å². The average molecular weight is 391 g/mol. The molecule has 0 unspecified atom stereocenters. The molecule has 0 saturated carbocycles. The predicted octanol–water partition coefficient (Wildman–Crippen LogP) is 4.61. The molecule has 0 radical (unpaired) electrons. The topological polar surface area (TPSA) is 87.3 Å². The number of benzene rings is 2. The Balaban J connectivity index is 2.07. The minimum absolute atomic E-state index is 0.103. The first-order valence-electron chi connectivity index (χ1n) is 9.52. The molecule has 1 amide bonds. The number of ether oxygens (including phenoxy) is 2. The normalized spacial score (nSPS) is 10.6. The number of nitrogens with zero attached hydrogens (tertiary/aromatic N) is 2. The first-order chi connectivity index (χ1) is 13.9. The molecule has 0 bridgehead atoms. The molecule has 2 aromatic carbocycles. The molecule has 2 N–H and O–H groups in total. The lowest BCUT2D eigenvalue weighted by Crippen LogP contribution is -2.14. The van der Waals surface area contributed by atoms with E-state index in [-0.39, 0.29) is 11.4 Å². The smallest absolute Gasteiger partial charge is 0.255 e. The van der Waals surface area contributed by atoms with E-state index < -0.39 is 5.91 Å². The van der Waals surface area contributed by atoms with E-state index in [1.165, 1.54) is 6.20 Å². The summed E-state index contributed by atoms with van der Waals surface area (Å²) in [6, 6.07) is 11.7. The maximum absolute atomic E-state index is 11.9. The minimum atomic E-state index is -0.658. The molecule has 3 rings (SSSR count). The van der Waals surface area contributed by atoms with Gasteiger partial charge in [0.25, 0.3) is 5.91 Å². The van der Waals surface area contributed by atoms with E-state index in [2.05, 4.69) is 16.9 Å². The fourth-order valence-corrected chi connectivity index (χ4v) is 3.25. The van der Waals surface area contributed by atoms with Gasteiger partial charge in [-0.05, 0) is 49.1 Å². The van der Waals surface area contributed by atoms with E-state index in [0.717, 1.165) is 35.1 Å². The second-order valence-electron chi connectivity index (χ2n) is 6.88. The average Bonchev–Trinajstić information content (AvgIpc) is 2.69. The SMILES string of the molecule is CCCc1ccc(Oc2nc(-c3c(C)cccc3C)ncc2C(N)=O)c(OC)c1. The largest absolute Gasteiger partial charge is 0.493 e. The van der Waals surface area contributed by atoms with Gasteiger partial charge in [-0.25, -0.2) is 4.98 Å². The number of aromatic nitrogens is 2. The molecule has 0 atom stereocenters. The van der Waals surface area contributed by atoms with Crippen LogP contribution in [0.1, 0.15) is 40.4 Å². The van der Waals surface area contributed by atoms with Crippen molar-refractivity contribution in [2.45, 2.75) is 33.6 Å². The number of carbonyl (C=O) groups is 1. The molecule has 0 aliphatic heterocycles. The van der Waals surface area contributed by atoms with Crippen molar-refractivity contribution in [2.24, 2.45) is 5.73 Å². The zero-order valence-electron chi connectivity index (χ0n) is 17.2. The number of hydrogen-bond acceptors (Lipinski definition) is 5. The number of methoxy groups -OCH3 is 1. The minimum Gasteiger partial charge on any atom is -0.493 e. The quantitative estimate of drug-likeness (QED) is 0.635. The van der Waals surface area contributed by atoms with Gasteiger partial charge in [0.1, 0.15) is 5.56 Å². The Labute approximate surface area is 170 Å². The van der Waals surface area contributed by atoms with Crippen molar-refractivity contribution in [3.05, 3.63) is 64.8 Å². The van der Waals surface area contributed by atoms with Crippen LogP contribution in [-0.2, 0) is 6.42 Å². The predicted molar refractivity (Wildman–Crippen MR) is 113 cm³/mol. The third-order valence-corrected chi connectivity index (χ3v) is 4.70. The summed E-state index contributed by atoms with van der Waals surface area (Å²) in [6.45, 7) is 6.10. The Morgan fingerprint density at radius 2 is 1.83 bits per heavy atom. The molecule has 29 heavy (non-hydrogen) atoms. The molecular weight excluding hydrogens is 366 g/mol. The van der Waals surface area contributed by atoms with Gasteiger partial charge in [0.2, 0.25) is 5.88 Å². The van der Waals surface area contributed by atoms with Gasteiger partial charge < -0.3 is 15.2 Å². The molecule has 150 valence electrons. The molecular formula is C23H25N3O3. The first-order valence-corrected chi connectivity index (χ1v) is 9.52. The van der Waals surface area contributed by atoms with Gasteiger partial charge in [0.15, 0.2) is 17.3 Å². The van der Waals surface area contributed by atoms with Crippen molar-refractivity contribution in [2.75, 3.05) is 7.11 Å². The van der Waals surface area contributed by atoms with Gasteiger partial charge in [-0.15, -0.1) is 0 Å². The highest BCUT2D eigenvalue weighted by molar-refractivity contribution is 5.95. The second-order valence-corrected chi connectivity index (χ2v) is 6.88. The van der Waals surface area contributed by atoms with Crippen LogP contribution in [-0.4, -0.2) is 23.0 Å². The fourth-order valence-electron chi connectivity index (χ4n) is 3.25. The van der Waals surface area contributed by atoms with Crippen molar-refractivity contribution < 1.29 is 14.3 Å². The number of carbonyl (C=O) groups excluding carboxylic acids is 1. The lowest BCUT2D eigenvalue weighted by Gasteiger charge is -2.14. The van der Waals surface area contributed by atoms with Crippen molar-refractivity contribution >= 4 is 5.91 Å². The molecule has 0 fully saturated rings. The molecule has 0 saturated heterocycles. The van der Waals surface area contributed by atoms with Crippen LogP contribution < -0.4 is 15.2 Å². The van der Waals surface area contributed by atoms with E-state index in [9.17, 15) is 4.79 Å². The Morgan fingerprint density at radius 3 is 2.45 bits per heavy atom. The molecule has 6 nitrogen and oxygen atoms in total. The van der Waals surface area contributed by atoms with E-state index in [1.54, 1.807) is 7.11 Å². The zero-order valence-corrected chi connectivity index (χ0v) is 17.2. The highest BCUT2D eigenvalue weighted by Crippen LogP contribution is 2.34. The summed E-state index contributed by atoms with van der Waals surface area (Å²) < 4.78 is 11.5. The van der Waals surface area contributed by atoms with Gasteiger partial charge in [0.05, 0.1) is 7.11 Å². The lowest BCUT2D eigenvalue weighted by molar-refractivity contribution is 0.0997. The Morgan fingerprint density at radius 1 is 1.10 bits per heavy atom. The van der Waals surface area contributed by atoms with Crippen LogP contribution >= 0.6 is 0 Å². The summed E-state index contributed by atoms with van der Waals surface area (Å²) in [7, 11) is 1.58. The summed E-state index contributed by atoms with van der Waals surface area (Å²) in [5.41, 5.74) is 9.74. The van der Waals surface area contributed by atoms with Gasteiger partial charge in [-0.2, -0.15) is 4.98 Å². The number of rotatable bonds is 7. The standard InChI is InChI=1S/C23H25N3O3/c1-5-7-16-10-11-18(19(12-16)28-4)29-23-17(21(24)27)13-25-22(26-23)20-14(2)8-6-9-15(20)3/h6,8-13H,5,7H2,1-4H3,(H2,24,27). The Hall–Kier alpha value is -3.41. The summed E-state index contributed by atoms with van der Waals surface area (Å²) in [6.07, 6.45) is 3.37. The van der Waals surface area contributed by atoms with Gasteiger partial charge >= 0.3 is 0 Å². The molecule has 3 aromatic rings. The Kier molecular flexibility index (Phi) is 6.12. The highest BCUT2D eigenvalue weighted by Gasteiger charge is 2.18. The van der Waals surface area contributed by atoms with Crippen LogP contribution in [0.5, 0.6) is 17.4 Å². The van der Waals surface area contributed by atoms with E-state index >= 15 is 0 Å². The summed E-state index contributed by atoms with van der Waals surface area (Å²) in [5.74, 6) is 0.947. The Bertz CT molecular complexity index is 1030. The van der Waals surface area contributed by atoms with Crippen molar-refractivity contribution in [1.82, 2.24) is 9.97 Å². The van der Waals surface area contributed by atoms with Crippen molar-refractivity contribution in [3.8, 4) is 28.8 Å². The third kappa shape index (κ3) is 4.37. The molecule has 0 spiro atoms. The third-order valence-electron chi connectivity index (χ3n) is 4.70. The van der Waals surface area contributed by atoms with Crippen LogP contribution in [0.15, 0.2) is 42.6 Å². The molecule has 0 aliphatic carbocycles. The summed E-state index contributed by atoms with van der Waals surface area (Å²) in [5, 5.41) is 0. The van der Waals surface area contributed by atoms with Crippen LogP contribution in [0.2, 0.25) is 0 Å². The highest BCUT2D eigenvalue weighted by atomic mass is 16.5. The molecule has 1 aromatic heterocycles. The molecule has 6 heteroatoms. The monoisotopic (exact) mass is 391 g/mol. The van der Waals surface area contributed by atoms with Crippen LogP contribution in [0.4, 0.5) is 0 Å². The number of primary amides is 1. The lowest BCUT2D eigenvalue weighted by atomic mass is 10.0. The fraction of sp³-hybridized carbons (Fsp3) is 0.261. The maximum Gasteiger partial charge on any atom is 0.255 e. The number of nitrogens with two attached hydrogens (primary N) is 1. The molecule has 0 aliphatic rings. The van der Waals surface area contributed by atoms with Gasteiger partial charge in [-0.3, -0.25) is 4.79 Å². The number of aryl methyl sites for hydroxylation is 3.